The maximum Gasteiger partial charge on any atom is 0.410 e. The number of fused-ring (bicyclic) bond motifs is 1. The summed E-state index contributed by atoms with van der Waals surface area (Å²) in [6.45, 7) is 14.8. The number of ether oxygens (including phenoxy) is 2. The Balaban J connectivity index is 1.10. The number of aromatic nitrogens is 5. The molecule has 0 saturated carbocycles. The lowest BCUT2D eigenvalue weighted by molar-refractivity contribution is 0.0212. The number of rotatable bonds is 7. The molecule has 0 aliphatic carbocycles. The summed E-state index contributed by atoms with van der Waals surface area (Å²) in [5.74, 6) is 7.98. The fraction of sp³-hybridized carbons (Fsp3) is 0.390. The molecule has 6 rings (SSSR count). The van der Waals surface area contributed by atoms with Gasteiger partial charge in [0.2, 0.25) is 0 Å². The van der Waals surface area contributed by atoms with Crippen LogP contribution in [0.3, 0.4) is 0 Å². The summed E-state index contributed by atoms with van der Waals surface area (Å²) in [7, 11) is 0. The number of imidazole rings is 2. The minimum Gasteiger partial charge on any atom is -0.444 e. The van der Waals surface area contributed by atoms with Gasteiger partial charge in [0, 0.05) is 41.4 Å². The number of amides is 2. The van der Waals surface area contributed by atoms with Crippen molar-refractivity contribution in [1.82, 2.24) is 34.7 Å². The summed E-state index contributed by atoms with van der Waals surface area (Å²) in [5, 5.41) is 0.982. The van der Waals surface area contributed by atoms with Crippen LogP contribution in [0.1, 0.15) is 96.5 Å². The molecule has 0 bridgehead atoms. The second kappa shape index (κ2) is 14.9. The summed E-state index contributed by atoms with van der Waals surface area (Å²) in [6, 6.07) is 16.0. The highest BCUT2D eigenvalue weighted by Crippen LogP contribution is 2.33. The van der Waals surface area contributed by atoms with Crippen molar-refractivity contribution in [1.29, 1.82) is 0 Å². The third-order valence-corrected chi connectivity index (χ3v) is 8.45. The first-order chi connectivity index (χ1) is 24.7. The summed E-state index contributed by atoms with van der Waals surface area (Å²) < 4.78 is 11.2. The largest absolute Gasteiger partial charge is 0.444 e. The van der Waals surface area contributed by atoms with Gasteiger partial charge >= 0.3 is 12.2 Å². The third kappa shape index (κ3) is 8.99. The average Bonchev–Trinajstić information content (AvgIpc) is 3.87. The van der Waals surface area contributed by atoms with Gasteiger partial charge in [-0.1, -0.05) is 37.0 Å². The molecule has 2 N–H and O–H groups in total. The molecule has 0 unspecified atom stereocenters. The number of benzene rings is 2. The van der Waals surface area contributed by atoms with E-state index in [0.29, 0.717) is 25.5 Å². The molecule has 2 amide bonds. The first-order valence-corrected chi connectivity index (χ1v) is 17.8. The van der Waals surface area contributed by atoms with E-state index in [1.807, 2.05) is 103 Å². The Morgan fingerprint density at radius 3 is 2.27 bits per heavy atom. The first-order valence-electron chi connectivity index (χ1n) is 17.8. The van der Waals surface area contributed by atoms with Gasteiger partial charge in [0.05, 0.1) is 41.9 Å². The van der Waals surface area contributed by atoms with E-state index < -0.39 is 11.2 Å². The van der Waals surface area contributed by atoms with Crippen molar-refractivity contribution in [3.8, 4) is 34.4 Å². The van der Waals surface area contributed by atoms with Crippen LogP contribution in [-0.4, -0.2) is 71.2 Å². The Morgan fingerprint density at radius 1 is 0.846 bits per heavy atom. The molecule has 3 aromatic heterocycles. The van der Waals surface area contributed by atoms with Crippen LogP contribution >= 0.6 is 0 Å². The fourth-order valence-electron chi connectivity index (χ4n) is 6.07. The number of hydrogen-bond donors (Lipinski definition) is 2. The van der Waals surface area contributed by atoms with Crippen molar-refractivity contribution in [3.63, 3.8) is 0 Å². The number of carbonyl (C=O) groups excluding carboxylic acids is 2. The number of aromatic amines is 2. The van der Waals surface area contributed by atoms with Gasteiger partial charge in [-0.2, -0.15) is 0 Å². The van der Waals surface area contributed by atoms with Crippen molar-refractivity contribution in [2.75, 3.05) is 13.1 Å². The number of H-pyrrole nitrogens is 2. The van der Waals surface area contributed by atoms with Crippen LogP contribution < -0.4 is 0 Å². The molecule has 1 fully saturated rings. The van der Waals surface area contributed by atoms with Crippen LogP contribution in [0.2, 0.25) is 0 Å². The Morgan fingerprint density at radius 2 is 1.54 bits per heavy atom. The van der Waals surface area contributed by atoms with Crippen LogP contribution in [0.4, 0.5) is 9.59 Å². The molecule has 1 atom stereocenters. The molecule has 0 radical (unpaired) electrons. The highest BCUT2D eigenvalue weighted by molar-refractivity contribution is 5.84. The normalized spacial score (nSPS) is 14.6. The number of carbonyl (C=O) groups is 2. The maximum absolute atomic E-state index is 12.8. The first kappa shape index (κ1) is 36.2. The standard InChI is InChI=1S/C41H47N7O4/c1-8-19-47(38(49)51-40(2,3)4)26-36-43-24-34(45-36)31-22-30-18-15-28(21-32(30)42-23-31)12-11-27-13-16-29(17-14-27)33-25-44-37(46-33)35-10-9-20-48(35)39(50)52-41(5,6)7/h13-18,21-25,35H,8-10,19-20,26H2,1-7H3,(H,43,45)(H,44,46)/t35-/m0/s1. The van der Waals surface area contributed by atoms with Crippen LogP contribution in [0.5, 0.6) is 0 Å². The number of likely N-dealkylation sites (tertiary alicyclic amines) is 1. The Hall–Kier alpha value is -5.63. The second-order valence-electron chi connectivity index (χ2n) is 15.1. The summed E-state index contributed by atoms with van der Waals surface area (Å²) >= 11 is 0. The zero-order valence-electron chi connectivity index (χ0n) is 31.0. The Labute approximate surface area is 305 Å². The molecule has 1 saturated heterocycles. The average molecular weight is 702 g/mol. The van der Waals surface area contributed by atoms with Gasteiger partial charge in [0.15, 0.2) is 0 Å². The highest BCUT2D eigenvalue weighted by Gasteiger charge is 2.35. The van der Waals surface area contributed by atoms with Crippen LogP contribution in [0.25, 0.3) is 33.4 Å². The zero-order chi connectivity index (χ0) is 37.0. The molecule has 0 spiro atoms. The van der Waals surface area contributed by atoms with Crippen molar-refractivity contribution in [3.05, 3.63) is 89.9 Å². The lowest BCUT2D eigenvalue weighted by Crippen LogP contribution is -2.37. The molecule has 4 heterocycles. The van der Waals surface area contributed by atoms with Crippen LogP contribution in [0.15, 0.2) is 67.1 Å². The van der Waals surface area contributed by atoms with Gasteiger partial charge in [-0.15, -0.1) is 0 Å². The number of nitrogens with zero attached hydrogens (tertiary/aromatic N) is 5. The number of pyridine rings is 1. The summed E-state index contributed by atoms with van der Waals surface area (Å²) in [4.78, 5) is 49.5. The van der Waals surface area contributed by atoms with Gasteiger partial charge in [-0.05, 0) is 96.7 Å². The van der Waals surface area contributed by atoms with Crippen LogP contribution in [0, 0.1) is 11.8 Å². The van der Waals surface area contributed by atoms with Gasteiger partial charge < -0.3 is 24.3 Å². The summed E-state index contributed by atoms with van der Waals surface area (Å²) in [6.07, 6.45) is 7.30. The van der Waals surface area contributed by atoms with Crippen molar-refractivity contribution >= 4 is 23.1 Å². The molecule has 52 heavy (non-hydrogen) atoms. The van der Waals surface area contributed by atoms with Gasteiger partial charge in [-0.3, -0.25) is 9.88 Å². The second-order valence-corrected chi connectivity index (χ2v) is 15.1. The van der Waals surface area contributed by atoms with E-state index >= 15 is 0 Å². The van der Waals surface area contributed by atoms with Gasteiger partial charge in [0.25, 0.3) is 0 Å². The Bertz CT molecular complexity index is 2110. The van der Waals surface area contributed by atoms with E-state index in [4.69, 9.17) is 14.5 Å². The van der Waals surface area contributed by atoms with E-state index in [0.717, 1.165) is 69.6 Å². The van der Waals surface area contributed by atoms with E-state index in [2.05, 4.69) is 37.8 Å². The van der Waals surface area contributed by atoms with Crippen molar-refractivity contribution in [2.45, 2.75) is 91.5 Å². The molecule has 11 heteroatoms. The topological polar surface area (TPSA) is 129 Å². The highest BCUT2D eigenvalue weighted by atomic mass is 16.6. The molecule has 270 valence electrons. The van der Waals surface area contributed by atoms with Crippen molar-refractivity contribution < 1.29 is 19.1 Å². The molecule has 5 aromatic rings. The molecule has 1 aliphatic rings. The predicted molar refractivity (Wildman–Crippen MR) is 201 cm³/mol. The number of hydrogen-bond acceptors (Lipinski definition) is 7. The molecule has 11 nitrogen and oxygen atoms in total. The number of nitrogens with one attached hydrogen (secondary N) is 2. The predicted octanol–water partition coefficient (Wildman–Crippen LogP) is 8.63. The fourth-order valence-corrected chi connectivity index (χ4v) is 6.07. The maximum atomic E-state index is 12.8. The monoisotopic (exact) mass is 701 g/mol. The zero-order valence-corrected chi connectivity index (χ0v) is 31.0. The smallest absolute Gasteiger partial charge is 0.410 e. The SMILES string of the molecule is CCCN(Cc1ncc(-c2cnc3cc(C#Cc4ccc(-c5cnc([C@@H]6CCCN6C(=O)OC(C)(C)C)[nH]5)cc4)ccc3c2)[nH]1)C(=O)OC(C)(C)C. The van der Waals surface area contributed by atoms with E-state index in [9.17, 15) is 9.59 Å². The lowest BCUT2D eigenvalue weighted by Gasteiger charge is -2.27. The molecular formula is C41H47N7O4. The lowest BCUT2D eigenvalue weighted by atomic mass is 10.1. The van der Waals surface area contributed by atoms with Gasteiger partial charge in [-0.25, -0.2) is 19.6 Å². The van der Waals surface area contributed by atoms with Gasteiger partial charge in [0.1, 0.15) is 22.9 Å². The van der Waals surface area contributed by atoms with E-state index in [1.54, 1.807) is 16.0 Å². The quantitative estimate of drug-likeness (QED) is 0.163. The van der Waals surface area contributed by atoms with E-state index in [-0.39, 0.29) is 18.2 Å². The molecular weight excluding hydrogens is 654 g/mol. The van der Waals surface area contributed by atoms with E-state index in [1.165, 1.54) is 0 Å². The van der Waals surface area contributed by atoms with Crippen molar-refractivity contribution in [2.24, 2.45) is 0 Å². The molecule has 2 aromatic carbocycles. The summed E-state index contributed by atoms with van der Waals surface area (Å²) in [5.41, 5.74) is 5.08. The minimum absolute atomic E-state index is 0.130. The van der Waals surface area contributed by atoms with Crippen LogP contribution in [-0.2, 0) is 16.0 Å². The third-order valence-electron chi connectivity index (χ3n) is 8.45. The Kier molecular flexibility index (Phi) is 10.4. The minimum atomic E-state index is -0.566. The molecule has 1 aliphatic heterocycles.